The molecule has 3 N–H and O–H groups in total. The fraction of sp³-hybridized carbons (Fsp3) is 0.350. The Kier molecular flexibility index (Phi) is 5.67. The van der Waals surface area contributed by atoms with Crippen LogP contribution in [0, 0.1) is 12.8 Å². The van der Waals surface area contributed by atoms with Gasteiger partial charge >= 0.3 is 11.8 Å². The number of carbonyl (C=O) groups excluding carboxylic acids is 3. The smallest absolute Gasteiger partial charge is 0.313 e. The molecule has 28 heavy (non-hydrogen) atoms. The topological polar surface area (TPSA) is 118 Å². The highest BCUT2D eigenvalue weighted by Gasteiger charge is 2.34. The molecule has 1 aliphatic rings. The van der Waals surface area contributed by atoms with E-state index in [1.54, 1.807) is 11.1 Å². The van der Waals surface area contributed by atoms with E-state index in [-0.39, 0.29) is 17.3 Å². The summed E-state index contributed by atoms with van der Waals surface area (Å²) in [5, 5.41) is 2.51. The number of amides is 3. The van der Waals surface area contributed by atoms with Gasteiger partial charge in [0.05, 0.1) is 23.5 Å². The number of likely N-dealkylation sites (tertiary alicyclic amines) is 1. The second kappa shape index (κ2) is 8.16. The zero-order valence-electron chi connectivity index (χ0n) is 15.9. The molecule has 2 aromatic heterocycles. The number of anilines is 1. The molecule has 0 aromatic carbocycles. The van der Waals surface area contributed by atoms with Crippen molar-refractivity contribution in [3.8, 4) is 0 Å². The van der Waals surface area contributed by atoms with Crippen molar-refractivity contribution in [3.63, 3.8) is 0 Å². The standard InChI is InChI=1S/C20H23N5O3/c1-12-3-6-17(14-5-4-13(2)23-9-14)25(11-12)20(28)19(27)24-16-7-15(18(21)26)8-22-10-16/h4-5,7-10,12,17H,3,6,11H2,1-2H3,(H2,21,26)(H,24,27). The van der Waals surface area contributed by atoms with Crippen LogP contribution < -0.4 is 11.1 Å². The predicted octanol–water partition coefficient (Wildman–Crippen LogP) is 1.82. The number of rotatable bonds is 3. The van der Waals surface area contributed by atoms with E-state index in [9.17, 15) is 14.4 Å². The second-order valence-corrected chi connectivity index (χ2v) is 7.17. The van der Waals surface area contributed by atoms with Gasteiger partial charge in [0.15, 0.2) is 0 Å². The van der Waals surface area contributed by atoms with Gasteiger partial charge in [-0.05, 0) is 43.4 Å². The predicted molar refractivity (Wildman–Crippen MR) is 103 cm³/mol. The van der Waals surface area contributed by atoms with Crippen LogP contribution in [0.4, 0.5) is 5.69 Å². The van der Waals surface area contributed by atoms with E-state index in [1.807, 2.05) is 19.1 Å². The van der Waals surface area contributed by atoms with Crippen LogP contribution in [0.15, 0.2) is 36.8 Å². The molecule has 0 bridgehead atoms. The monoisotopic (exact) mass is 381 g/mol. The van der Waals surface area contributed by atoms with E-state index in [4.69, 9.17) is 5.73 Å². The maximum absolute atomic E-state index is 12.9. The number of nitrogens with zero attached hydrogens (tertiary/aromatic N) is 3. The lowest BCUT2D eigenvalue weighted by molar-refractivity contribution is -0.146. The summed E-state index contributed by atoms with van der Waals surface area (Å²) >= 11 is 0. The molecule has 3 heterocycles. The number of primary amides is 1. The third kappa shape index (κ3) is 4.33. The van der Waals surface area contributed by atoms with Crippen LogP contribution in [0.3, 0.4) is 0 Å². The van der Waals surface area contributed by atoms with Crippen LogP contribution >= 0.6 is 0 Å². The number of carbonyl (C=O) groups is 3. The minimum absolute atomic E-state index is 0.153. The van der Waals surface area contributed by atoms with Crippen molar-refractivity contribution >= 4 is 23.4 Å². The van der Waals surface area contributed by atoms with Crippen LogP contribution in [0.5, 0.6) is 0 Å². The number of aromatic nitrogens is 2. The number of pyridine rings is 2. The number of nitrogens with one attached hydrogen (secondary N) is 1. The first kappa shape index (κ1) is 19.5. The zero-order valence-corrected chi connectivity index (χ0v) is 15.9. The maximum atomic E-state index is 12.9. The number of hydrogen-bond donors (Lipinski definition) is 2. The number of aryl methyl sites for hydroxylation is 1. The Morgan fingerprint density at radius 1 is 1.18 bits per heavy atom. The molecule has 0 spiro atoms. The Labute approximate surface area is 163 Å². The molecule has 1 fully saturated rings. The first-order valence-electron chi connectivity index (χ1n) is 9.14. The maximum Gasteiger partial charge on any atom is 0.313 e. The van der Waals surface area contributed by atoms with Crippen molar-refractivity contribution in [3.05, 3.63) is 53.6 Å². The van der Waals surface area contributed by atoms with Crippen LogP contribution in [-0.4, -0.2) is 39.1 Å². The second-order valence-electron chi connectivity index (χ2n) is 7.17. The summed E-state index contributed by atoms with van der Waals surface area (Å²) < 4.78 is 0. The van der Waals surface area contributed by atoms with Crippen LogP contribution in [0.1, 0.15) is 47.4 Å². The van der Waals surface area contributed by atoms with E-state index in [0.717, 1.165) is 24.1 Å². The van der Waals surface area contributed by atoms with Gasteiger partial charge in [-0.1, -0.05) is 13.0 Å². The van der Waals surface area contributed by atoms with Gasteiger partial charge in [-0.2, -0.15) is 0 Å². The molecule has 8 heteroatoms. The average molecular weight is 381 g/mol. The molecule has 1 aliphatic heterocycles. The van der Waals surface area contributed by atoms with E-state index < -0.39 is 17.7 Å². The Morgan fingerprint density at radius 2 is 1.96 bits per heavy atom. The van der Waals surface area contributed by atoms with E-state index >= 15 is 0 Å². The van der Waals surface area contributed by atoms with E-state index in [0.29, 0.717) is 12.5 Å². The highest BCUT2D eigenvalue weighted by molar-refractivity contribution is 6.39. The molecule has 2 unspecified atom stereocenters. The number of nitrogens with two attached hydrogens (primary N) is 1. The Bertz CT molecular complexity index is 897. The molecule has 0 saturated carbocycles. The third-order valence-electron chi connectivity index (χ3n) is 4.87. The molecule has 1 saturated heterocycles. The lowest BCUT2D eigenvalue weighted by Gasteiger charge is -2.38. The van der Waals surface area contributed by atoms with Gasteiger partial charge in [-0.3, -0.25) is 24.4 Å². The van der Waals surface area contributed by atoms with Crippen molar-refractivity contribution in [1.82, 2.24) is 14.9 Å². The third-order valence-corrected chi connectivity index (χ3v) is 4.87. The van der Waals surface area contributed by atoms with Crippen LogP contribution in [0.25, 0.3) is 0 Å². The molecule has 2 aromatic rings. The summed E-state index contributed by atoms with van der Waals surface area (Å²) in [7, 11) is 0. The molecule has 3 amide bonds. The van der Waals surface area contributed by atoms with Gasteiger partial charge in [0.2, 0.25) is 5.91 Å². The quantitative estimate of drug-likeness (QED) is 0.786. The molecule has 0 aliphatic carbocycles. The van der Waals surface area contributed by atoms with Gasteiger partial charge in [0.1, 0.15) is 0 Å². The number of piperidine rings is 1. The van der Waals surface area contributed by atoms with Gasteiger partial charge in [-0.25, -0.2) is 0 Å². The zero-order chi connectivity index (χ0) is 20.3. The summed E-state index contributed by atoms with van der Waals surface area (Å²) in [5.74, 6) is -1.76. The SMILES string of the molecule is Cc1ccc(C2CCC(C)CN2C(=O)C(=O)Nc2cncc(C(N)=O)c2)cn1. The Balaban J connectivity index is 1.79. The summed E-state index contributed by atoms with van der Waals surface area (Å²) in [6.45, 7) is 4.45. The fourth-order valence-electron chi connectivity index (χ4n) is 3.36. The minimum atomic E-state index is -0.775. The van der Waals surface area contributed by atoms with Gasteiger partial charge in [0.25, 0.3) is 0 Å². The lowest BCUT2D eigenvalue weighted by Crippen LogP contribution is -2.46. The Hall–Kier alpha value is -3.29. The molecule has 0 radical (unpaired) electrons. The van der Waals surface area contributed by atoms with Gasteiger partial charge in [0, 0.05) is 24.6 Å². The normalized spacial score (nSPS) is 19.1. The molecule has 8 nitrogen and oxygen atoms in total. The lowest BCUT2D eigenvalue weighted by atomic mass is 9.90. The number of hydrogen-bond acceptors (Lipinski definition) is 5. The highest BCUT2D eigenvalue weighted by atomic mass is 16.2. The van der Waals surface area contributed by atoms with Crippen LogP contribution in [-0.2, 0) is 9.59 Å². The average Bonchev–Trinajstić information content (AvgIpc) is 2.68. The molecule has 3 rings (SSSR count). The summed E-state index contributed by atoms with van der Waals surface area (Å²) in [4.78, 5) is 46.5. The van der Waals surface area contributed by atoms with Crippen molar-refractivity contribution in [1.29, 1.82) is 0 Å². The largest absolute Gasteiger partial charge is 0.366 e. The van der Waals surface area contributed by atoms with Gasteiger partial charge < -0.3 is 16.0 Å². The van der Waals surface area contributed by atoms with Crippen molar-refractivity contribution < 1.29 is 14.4 Å². The van der Waals surface area contributed by atoms with E-state index in [1.165, 1.54) is 18.5 Å². The molecular weight excluding hydrogens is 358 g/mol. The first-order chi connectivity index (χ1) is 13.3. The van der Waals surface area contributed by atoms with Crippen LogP contribution in [0.2, 0.25) is 0 Å². The summed E-state index contributed by atoms with van der Waals surface area (Å²) in [6, 6.07) is 5.04. The van der Waals surface area contributed by atoms with Crippen molar-refractivity contribution in [2.24, 2.45) is 11.7 Å². The molecule has 146 valence electrons. The van der Waals surface area contributed by atoms with Gasteiger partial charge in [-0.15, -0.1) is 0 Å². The fourth-order valence-corrected chi connectivity index (χ4v) is 3.36. The molecule has 2 atom stereocenters. The molecular formula is C20H23N5O3. The van der Waals surface area contributed by atoms with Crippen molar-refractivity contribution in [2.75, 3.05) is 11.9 Å². The van der Waals surface area contributed by atoms with Crippen molar-refractivity contribution in [2.45, 2.75) is 32.7 Å². The highest BCUT2D eigenvalue weighted by Crippen LogP contribution is 2.33. The minimum Gasteiger partial charge on any atom is -0.366 e. The summed E-state index contributed by atoms with van der Waals surface area (Å²) in [5.41, 5.74) is 7.43. The van der Waals surface area contributed by atoms with E-state index in [2.05, 4.69) is 22.2 Å². The first-order valence-corrected chi connectivity index (χ1v) is 9.14. The Morgan fingerprint density at radius 3 is 2.64 bits per heavy atom. The summed E-state index contributed by atoms with van der Waals surface area (Å²) in [6.07, 6.45) is 6.15.